The van der Waals surface area contributed by atoms with Crippen LogP contribution in [0.1, 0.15) is 28.9 Å². The van der Waals surface area contributed by atoms with Crippen LogP contribution in [0.5, 0.6) is 11.5 Å². The number of aryl methyl sites for hydroxylation is 1. The maximum absolute atomic E-state index is 13.2. The third kappa shape index (κ3) is 3.37. The number of hydrogen-bond acceptors (Lipinski definition) is 7. The molecule has 6 rings (SSSR count). The maximum Gasteiger partial charge on any atom is 0.272 e. The van der Waals surface area contributed by atoms with Crippen LogP contribution < -0.4 is 14.8 Å². The topological polar surface area (TPSA) is 103 Å². The second-order valence-corrected chi connectivity index (χ2v) is 9.36. The lowest BCUT2D eigenvalue weighted by Crippen LogP contribution is -2.47. The molecule has 1 aliphatic carbocycles. The van der Waals surface area contributed by atoms with Crippen molar-refractivity contribution in [1.29, 1.82) is 0 Å². The molecule has 0 bridgehead atoms. The zero-order valence-corrected chi connectivity index (χ0v) is 19.5. The molecule has 0 radical (unpaired) electrons. The number of fused-ring (bicyclic) bond motifs is 3. The Kier molecular flexibility index (Phi) is 4.93. The first-order valence-electron chi connectivity index (χ1n) is 11.0. The number of benzene rings is 1. The van der Waals surface area contributed by atoms with Crippen LogP contribution in [-0.4, -0.2) is 49.8 Å². The molecule has 174 valence electrons. The minimum absolute atomic E-state index is 0.0405. The molecular weight excluding hydrogens is 454 g/mol. The largest absolute Gasteiger partial charge is 0.496 e. The van der Waals surface area contributed by atoms with Crippen molar-refractivity contribution in [2.75, 3.05) is 7.11 Å². The van der Waals surface area contributed by atoms with Crippen LogP contribution in [0.4, 0.5) is 0 Å². The SMILES string of the molecule is COc1cc2c(cc1-c1ccn(C)n1)-c1c(c(C(=O)NC3CC(O)C3)nn1-c1ccsc1)CO2. The van der Waals surface area contributed by atoms with Crippen molar-refractivity contribution in [3.05, 3.63) is 52.5 Å². The van der Waals surface area contributed by atoms with E-state index < -0.39 is 0 Å². The summed E-state index contributed by atoms with van der Waals surface area (Å²) < 4.78 is 15.3. The number of aliphatic hydroxyl groups excluding tert-OH is 1. The van der Waals surface area contributed by atoms with E-state index in [1.807, 2.05) is 53.0 Å². The fraction of sp³-hybridized carbons (Fsp3) is 0.292. The third-order valence-corrected chi connectivity index (χ3v) is 6.99. The summed E-state index contributed by atoms with van der Waals surface area (Å²) in [6.07, 6.45) is 2.65. The molecule has 2 aliphatic rings. The van der Waals surface area contributed by atoms with Gasteiger partial charge < -0.3 is 19.9 Å². The average Bonchev–Trinajstić information content (AvgIpc) is 3.56. The summed E-state index contributed by atoms with van der Waals surface area (Å²) in [6.45, 7) is 0.217. The lowest BCUT2D eigenvalue weighted by atomic mass is 9.89. The van der Waals surface area contributed by atoms with Crippen molar-refractivity contribution >= 4 is 17.2 Å². The highest BCUT2D eigenvalue weighted by molar-refractivity contribution is 7.08. The molecule has 1 aromatic carbocycles. The van der Waals surface area contributed by atoms with E-state index in [0.29, 0.717) is 30.0 Å². The minimum atomic E-state index is -0.349. The Morgan fingerprint density at radius 2 is 2.12 bits per heavy atom. The summed E-state index contributed by atoms with van der Waals surface area (Å²) in [5.41, 5.74) is 5.18. The highest BCUT2D eigenvalue weighted by atomic mass is 32.1. The van der Waals surface area contributed by atoms with Crippen molar-refractivity contribution in [1.82, 2.24) is 24.9 Å². The van der Waals surface area contributed by atoms with Crippen LogP contribution in [0, 0.1) is 0 Å². The number of ether oxygens (including phenoxy) is 2. The quantitative estimate of drug-likeness (QED) is 0.458. The number of aromatic nitrogens is 4. The Hall–Kier alpha value is -3.63. The van der Waals surface area contributed by atoms with E-state index >= 15 is 0 Å². The second kappa shape index (κ2) is 8.00. The Bertz CT molecular complexity index is 1380. The van der Waals surface area contributed by atoms with Gasteiger partial charge in [-0.2, -0.15) is 21.5 Å². The summed E-state index contributed by atoms with van der Waals surface area (Å²) in [5, 5.41) is 25.8. The number of hydrogen-bond donors (Lipinski definition) is 2. The van der Waals surface area contributed by atoms with E-state index in [-0.39, 0.29) is 24.7 Å². The number of nitrogens with zero attached hydrogens (tertiary/aromatic N) is 4. The summed E-state index contributed by atoms with van der Waals surface area (Å²) in [5.74, 6) is 1.06. The fourth-order valence-electron chi connectivity index (χ4n) is 4.51. The van der Waals surface area contributed by atoms with Crippen LogP contribution in [0.25, 0.3) is 28.2 Å². The van der Waals surface area contributed by atoms with Gasteiger partial charge in [-0.3, -0.25) is 9.48 Å². The lowest BCUT2D eigenvalue weighted by molar-refractivity contribution is 0.0559. The highest BCUT2D eigenvalue weighted by Crippen LogP contribution is 2.45. The molecule has 0 unspecified atom stereocenters. The summed E-state index contributed by atoms with van der Waals surface area (Å²) in [6, 6.07) is 7.71. The third-order valence-electron chi connectivity index (χ3n) is 6.32. The standard InChI is InChI=1S/C24H23N5O4S/c1-28-5-3-19(26-28)16-9-17-21(10-20(16)32-2)33-11-18-22(24(31)25-13-7-15(30)8-13)27-29(23(17)18)14-4-6-34-12-14/h3-6,9-10,12-13,15,30H,7-8,11H2,1-2H3,(H,25,31). The molecule has 4 heterocycles. The zero-order valence-electron chi connectivity index (χ0n) is 18.7. The van der Waals surface area contributed by atoms with Crippen LogP contribution in [0.3, 0.4) is 0 Å². The van der Waals surface area contributed by atoms with E-state index in [4.69, 9.17) is 14.6 Å². The van der Waals surface area contributed by atoms with Crippen molar-refractivity contribution < 1.29 is 19.4 Å². The van der Waals surface area contributed by atoms with Gasteiger partial charge >= 0.3 is 0 Å². The lowest BCUT2D eigenvalue weighted by Gasteiger charge is -2.31. The smallest absolute Gasteiger partial charge is 0.272 e. The van der Waals surface area contributed by atoms with Crippen molar-refractivity contribution in [3.8, 4) is 39.7 Å². The van der Waals surface area contributed by atoms with Gasteiger partial charge in [0.25, 0.3) is 5.91 Å². The van der Waals surface area contributed by atoms with Crippen molar-refractivity contribution in [2.45, 2.75) is 31.6 Å². The predicted molar refractivity (Wildman–Crippen MR) is 126 cm³/mol. The molecule has 34 heavy (non-hydrogen) atoms. The van der Waals surface area contributed by atoms with Crippen LogP contribution >= 0.6 is 11.3 Å². The molecule has 1 amide bonds. The Morgan fingerprint density at radius 3 is 2.79 bits per heavy atom. The van der Waals surface area contributed by atoms with Crippen LogP contribution in [0.15, 0.2) is 41.2 Å². The minimum Gasteiger partial charge on any atom is -0.496 e. The molecule has 1 fully saturated rings. The van der Waals surface area contributed by atoms with Crippen molar-refractivity contribution in [3.63, 3.8) is 0 Å². The average molecular weight is 478 g/mol. The Morgan fingerprint density at radius 1 is 1.26 bits per heavy atom. The van der Waals surface area contributed by atoms with Gasteiger partial charge in [-0.15, -0.1) is 0 Å². The molecule has 0 spiro atoms. The highest BCUT2D eigenvalue weighted by Gasteiger charge is 2.34. The number of amides is 1. The van der Waals surface area contributed by atoms with Crippen LogP contribution in [0.2, 0.25) is 0 Å². The number of carbonyl (C=O) groups excluding carboxylic acids is 1. The number of methoxy groups -OCH3 is 1. The summed E-state index contributed by atoms with van der Waals surface area (Å²) in [7, 11) is 3.49. The first-order chi connectivity index (χ1) is 16.5. The van der Waals surface area contributed by atoms with Gasteiger partial charge in [-0.1, -0.05) is 0 Å². The molecule has 3 aromatic heterocycles. The normalized spacial score (nSPS) is 18.4. The number of thiophene rings is 1. The van der Waals surface area contributed by atoms with Gasteiger partial charge in [0.15, 0.2) is 5.69 Å². The Labute approximate surface area is 199 Å². The van der Waals surface area contributed by atoms with E-state index in [9.17, 15) is 9.90 Å². The van der Waals surface area contributed by atoms with Gasteiger partial charge in [-0.25, -0.2) is 4.68 Å². The molecule has 4 aromatic rings. The van der Waals surface area contributed by atoms with Gasteiger partial charge in [0.05, 0.1) is 30.3 Å². The molecule has 2 N–H and O–H groups in total. The summed E-state index contributed by atoms with van der Waals surface area (Å²) >= 11 is 1.56. The van der Waals surface area contributed by atoms with E-state index in [1.165, 1.54) is 0 Å². The monoisotopic (exact) mass is 477 g/mol. The zero-order chi connectivity index (χ0) is 23.4. The first-order valence-corrected chi connectivity index (χ1v) is 11.9. The van der Waals surface area contributed by atoms with Gasteiger partial charge in [0.2, 0.25) is 0 Å². The molecule has 1 aliphatic heterocycles. The number of aliphatic hydroxyl groups is 1. The van der Waals surface area contributed by atoms with Gasteiger partial charge in [-0.05, 0) is 36.4 Å². The fourth-order valence-corrected chi connectivity index (χ4v) is 5.13. The van der Waals surface area contributed by atoms with E-state index in [0.717, 1.165) is 33.8 Å². The van der Waals surface area contributed by atoms with Gasteiger partial charge in [0.1, 0.15) is 18.1 Å². The second-order valence-electron chi connectivity index (χ2n) is 8.58. The molecule has 0 atom stereocenters. The molecule has 0 saturated heterocycles. The first kappa shape index (κ1) is 20.9. The molecule has 9 nitrogen and oxygen atoms in total. The number of rotatable bonds is 5. The van der Waals surface area contributed by atoms with Crippen molar-refractivity contribution in [2.24, 2.45) is 7.05 Å². The molecular formula is C24H23N5O4S. The van der Waals surface area contributed by atoms with E-state index in [1.54, 1.807) is 23.1 Å². The molecule has 1 saturated carbocycles. The predicted octanol–water partition coefficient (Wildman–Crippen LogP) is 3.16. The molecule has 10 heteroatoms. The van der Waals surface area contributed by atoms with Gasteiger partial charge in [0, 0.05) is 47.4 Å². The maximum atomic E-state index is 13.2. The number of nitrogens with one attached hydrogen (secondary N) is 1. The van der Waals surface area contributed by atoms with Crippen LogP contribution in [-0.2, 0) is 13.7 Å². The number of carbonyl (C=O) groups is 1. The summed E-state index contributed by atoms with van der Waals surface area (Å²) in [4.78, 5) is 13.2. The Balaban J connectivity index is 1.51. The van der Waals surface area contributed by atoms with E-state index in [2.05, 4.69) is 10.4 Å².